The first-order chi connectivity index (χ1) is 16.8. The molecule has 11 nitrogen and oxygen atoms in total. The number of urea groups is 1. The lowest BCUT2D eigenvalue weighted by Crippen LogP contribution is -2.33. The minimum Gasteiger partial charge on any atom is -0.329 e. The number of nitrogens with one attached hydrogen (secondary N) is 4. The van der Waals surface area contributed by atoms with Gasteiger partial charge in [-0.05, 0) is 43.4 Å². The van der Waals surface area contributed by atoms with E-state index in [9.17, 15) is 19.2 Å². The van der Waals surface area contributed by atoms with Crippen LogP contribution in [-0.2, 0) is 20.9 Å². The van der Waals surface area contributed by atoms with E-state index in [-0.39, 0.29) is 43.8 Å². The summed E-state index contributed by atoms with van der Waals surface area (Å²) in [5, 5.41) is 14.9. The van der Waals surface area contributed by atoms with Crippen LogP contribution in [0.4, 0.5) is 16.2 Å². The van der Waals surface area contributed by atoms with Crippen LogP contribution >= 0.6 is 12.2 Å². The molecule has 5 amide bonds. The van der Waals surface area contributed by atoms with Gasteiger partial charge in [0.15, 0.2) is 10.6 Å². The van der Waals surface area contributed by atoms with E-state index in [4.69, 9.17) is 12.2 Å². The molecule has 1 saturated heterocycles. The Morgan fingerprint density at radius 3 is 2.23 bits per heavy atom. The summed E-state index contributed by atoms with van der Waals surface area (Å²) in [5.41, 5.74) is 3.01. The van der Waals surface area contributed by atoms with E-state index in [2.05, 4.69) is 26.1 Å². The van der Waals surface area contributed by atoms with Crippen LogP contribution in [0.2, 0.25) is 0 Å². The molecule has 1 aliphatic heterocycles. The fraction of sp³-hybridized carbons (Fsp3) is 0.217. The first-order valence-corrected chi connectivity index (χ1v) is 11.2. The number of aromatic amines is 1. The molecule has 3 aromatic rings. The van der Waals surface area contributed by atoms with Gasteiger partial charge in [-0.1, -0.05) is 29.8 Å². The van der Waals surface area contributed by atoms with Crippen LogP contribution in [0.25, 0.3) is 11.4 Å². The Morgan fingerprint density at radius 2 is 1.63 bits per heavy atom. The van der Waals surface area contributed by atoms with Gasteiger partial charge in [-0.15, -0.1) is 0 Å². The number of nitrogens with zero attached hydrogens (tertiary/aromatic N) is 3. The summed E-state index contributed by atoms with van der Waals surface area (Å²) in [7, 11) is 0. The molecule has 0 spiro atoms. The molecule has 0 unspecified atom stereocenters. The van der Waals surface area contributed by atoms with Crippen molar-refractivity contribution in [1.82, 2.24) is 25.0 Å². The van der Waals surface area contributed by atoms with Crippen LogP contribution in [0, 0.1) is 11.7 Å². The standard InChI is InChI=1S/C23H23N7O4S/c1-14-2-4-15(5-3-14)21-27-28-23(35)30(21)13-19(32)26-17-8-6-16(7-9-17)25-18(31)10-11-29-20(33)12-24-22(29)34/h2-9H,10-13H2,1H3,(H,24,34)(H,25,31)(H,26,32)(H,28,35). The summed E-state index contributed by atoms with van der Waals surface area (Å²) in [5.74, 6) is -0.421. The summed E-state index contributed by atoms with van der Waals surface area (Å²) < 4.78 is 1.96. The average molecular weight is 494 g/mol. The maximum atomic E-state index is 12.6. The lowest BCUT2D eigenvalue weighted by molar-refractivity contribution is -0.125. The van der Waals surface area contributed by atoms with Crippen molar-refractivity contribution in [3.05, 3.63) is 58.9 Å². The van der Waals surface area contributed by atoms with Gasteiger partial charge in [0, 0.05) is 29.9 Å². The number of imide groups is 1. The minimum atomic E-state index is -0.495. The highest BCUT2D eigenvalue weighted by Gasteiger charge is 2.28. The molecule has 0 bridgehead atoms. The van der Waals surface area contributed by atoms with Crippen LogP contribution in [-0.4, -0.2) is 56.5 Å². The number of aryl methyl sites for hydroxylation is 1. The number of amides is 5. The first-order valence-electron chi connectivity index (χ1n) is 10.8. The Morgan fingerprint density at radius 1 is 1.00 bits per heavy atom. The Bertz CT molecular complexity index is 1310. The Balaban J connectivity index is 1.32. The van der Waals surface area contributed by atoms with Crippen molar-refractivity contribution >= 4 is 47.3 Å². The lowest BCUT2D eigenvalue weighted by atomic mass is 10.1. The third-order valence-corrected chi connectivity index (χ3v) is 5.63. The smallest absolute Gasteiger partial charge is 0.324 e. The van der Waals surface area contributed by atoms with Gasteiger partial charge in [-0.2, -0.15) is 5.10 Å². The maximum absolute atomic E-state index is 12.6. The fourth-order valence-corrected chi connectivity index (χ4v) is 3.68. The van der Waals surface area contributed by atoms with E-state index in [0.29, 0.717) is 22.0 Å². The molecule has 1 aromatic heterocycles. The highest BCUT2D eigenvalue weighted by Crippen LogP contribution is 2.19. The monoisotopic (exact) mass is 493 g/mol. The molecule has 0 atom stereocenters. The molecule has 0 saturated carbocycles. The largest absolute Gasteiger partial charge is 0.329 e. The zero-order valence-electron chi connectivity index (χ0n) is 18.8. The summed E-state index contributed by atoms with van der Waals surface area (Å²) in [4.78, 5) is 48.9. The minimum absolute atomic E-state index is 0.00570. The molecule has 12 heteroatoms. The molecule has 0 radical (unpaired) electrons. The van der Waals surface area contributed by atoms with Gasteiger partial charge in [0.1, 0.15) is 6.54 Å². The molecule has 2 aromatic carbocycles. The third kappa shape index (κ3) is 5.79. The van der Waals surface area contributed by atoms with E-state index in [1.807, 2.05) is 31.2 Å². The molecule has 0 aliphatic carbocycles. The van der Waals surface area contributed by atoms with Crippen LogP contribution in [0.15, 0.2) is 48.5 Å². The van der Waals surface area contributed by atoms with Crippen molar-refractivity contribution in [1.29, 1.82) is 0 Å². The van der Waals surface area contributed by atoms with Gasteiger partial charge < -0.3 is 16.0 Å². The van der Waals surface area contributed by atoms with Crippen LogP contribution in [0.1, 0.15) is 12.0 Å². The fourth-order valence-electron chi connectivity index (χ4n) is 3.49. The Labute approximate surface area is 205 Å². The Kier molecular flexibility index (Phi) is 7.01. The van der Waals surface area contributed by atoms with Crippen molar-refractivity contribution in [2.75, 3.05) is 23.7 Å². The van der Waals surface area contributed by atoms with Crippen molar-refractivity contribution in [2.45, 2.75) is 19.9 Å². The molecule has 1 aliphatic rings. The van der Waals surface area contributed by atoms with Gasteiger partial charge in [-0.3, -0.25) is 28.9 Å². The number of aromatic nitrogens is 3. The number of rotatable bonds is 8. The average Bonchev–Trinajstić information content (AvgIpc) is 3.35. The summed E-state index contributed by atoms with van der Waals surface area (Å²) in [6.45, 7) is 1.92. The Hall–Kier alpha value is -4.32. The number of anilines is 2. The van der Waals surface area contributed by atoms with Crippen molar-refractivity contribution < 1.29 is 19.2 Å². The van der Waals surface area contributed by atoms with Gasteiger partial charge >= 0.3 is 6.03 Å². The number of benzene rings is 2. The second-order valence-corrected chi connectivity index (χ2v) is 8.32. The van der Waals surface area contributed by atoms with E-state index in [1.54, 1.807) is 28.8 Å². The first kappa shape index (κ1) is 23.8. The van der Waals surface area contributed by atoms with Crippen molar-refractivity contribution in [3.8, 4) is 11.4 Å². The molecule has 35 heavy (non-hydrogen) atoms. The second-order valence-electron chi connectivity index (χ2n) is 7.93. The quantitative estimate of drug-likeness (QED) is 0.281. The van der Waals surface area contributed by atoms with Gasteiger partial charge in [-0.25, -0.2) is 4.79 Å². The zero-order chi connectivity index (χ0) is 24.9. The molecule has 1 fully saturated rings. The van der Waals surface area contributed by atoms with Crippen LogP contribution < -0.4 is 16.0 Å². The topological polar surface area (TPSA) is 141 Å². The maximum Gasteiger partial charge on any atom is 0.324 e. The van der Waals surface area contributed by atoms with E-state index in [1.165, 1.54) is 0 Å². The highest BCUT2D eigenvalue weighted by atomic mass is 32.1. The summed E-state index contributed by atoms with van der Waals surface area (Å²) in [6.07, 6.45) is -0.0215. The number of hydrogen-bond donors (Lipinski definition) is 4. The third-order valence-electron chi connectivity index (χ3n) is 5.32. The molecule has 180 valence electrons. The highest BCUT2D eigenvalue weighted by molar-refractivity contribution is 7.71. The predicted octanol–water partition coefficient (Wildman–Crippen LogP) is 2.44. The summed E-state index contributed by atoms with van der Waals surface area (Å²) >= 11 is 5.29. The normalized spacial score (nSPS) is 13.0. The van der Waals surface area contributed by atoms with Crippen molar-refractivity contribution in [3.63, 3.8) is 0 Å². The predicted molar refractivity (Wildman–Crippen MR) is 131 cm³/mol. The van der Waals surface area contributed by atoms with Crippen molar-refractivity contribution in [2.24, 2.45) is 0 Å². The molecular formula is C23H23N7O4S. The molecule has 4 N–H and O–H groups in total. The zero-order valence-corrected chi connectivity index (χ0v) is 19.6. The number of H-pyrrole nitrogens is 1. The second kappa shape index (κ2) is 10.3. The van der Waals surface area contributed by atoms with Gasteiger partial charge in [0.25, 0.3) is 0 Å². The molecule has 4 rings (SSSR count). The molecule has 2 heterocycles. The number of carbonyl (C=O) groups excluding carboxylic acids is 4. The number of carbonyl (C=O) groups is 4. The lowest BCUT2D eigenvalue weighted by Gasteiger charge is -2.12. The van der Waals surface area contributed by atoms with E-state index >= 15 is 0 Å². The van der Waals surface area contributed by atoms with Crippen LogP contribution in [0.5, 0.6) is 0 Å². The van der Waals surface area contributed by atoms with E-state index < -0.39 is 6.03 Å². The molecular weight excluding hydrogens is 470 g/mol. The number of hydrogen-bond acceptors (Lipinski definition) is 6. The van der Waals surface area contributed by atoms with Gasteiger partial charge in [0.2, 0.25) is 17.7 Å². The van der Waals surface area contributed by atoms with E-state index in [0.717, 1.165) is 16.0 Å². The van der Waals surface area contributed by atoms with Gasteiger partial charge in [0.05, 0.1) is 6.54 Å². The SMILES string of the molecule is Cc1ccc(-c2n[nH]c(=S)n2CC(=O)Nc2ccc(NC(=O)CCN3C(=O)CNC3=O)cc2)cc1. The summed E-state index contributed by atoms with van der Waals surface area (Å²) in [6, 6.07) is 13.8. The van der Waals surface area contributed by atoms with Crippen LogP contribution in [0.3, 0.4) is 0 Å².